The fraction of sp³-hybridized carbons (Fsp3) is 0.400. The normalized spacial score (nSPS) is 19.2. The van der Waals surface area contributed by atoms with Crippen LogP contribution >= 0.6 is 0 Å². The molecule has 4 nitrogen and oxygen atoms in total. The van der Waals surface area contributed by atoms with E-state index in [0.717, 1.165) is 47.7 Å². The molecular weight excluding hydrogens is 388 g/mol. The van der Waals surface area contributed by atoms with E-state index in [1.165, 1.54) is 18.1 Å². The Balaban J connectivity index is 1.78. The summed E-state index contributed by atoms with van der Waals surface area (Å²) in [6.45, 7) is 4.64. The minimum absolute atomic E-state index is 0.200. The first-order valence-electron chi connectivity index (χ1n) is 11.2. The van der Waals surface area contributed by atoms with Crippen molar-refractivity contribution in [2.24, 2.45) is 5.92 Å². The summed E-state index contributed by atoms with van der Waals surface area (Å²) >= 11 is 0. The molecule has 1 saturated carbocycles. The largest absolute Gasteiger partial charge is 0.437 e. The van der Waals surface area contributed by atoms with Gasteiger partial charge in [-0.25, -0.2) is 9.37 Å². The molecule has 0 spiro atoms. The number of hydrogen-bond donors (Lipinski definition) is 2. The number of pyridine rings is 1. The van der Waals surface area contributed by atoms with E-state index in [0.29, 0.717) is 23.2 Å². The van der Waals surface area contributed by atoms with Gasteiger partial charge < -0.3 is 15.6 Å². The van der Waals surface area contributed by atoms with Gasteiger partial charge in [-0.2, -0.15) is 0 Å². The zero-order chi connectivity index (χ0) is 22.1. The Bertz CT molecular complexity index is 1070. The van der Waals surface area contributed by atoms with E-state index in [9.17, 15) is 9.41 Å². The van der Waals surface area contributed by atoms with Crippen LogP contribution in [0.3, 0.4) is 0 Å². The van der Waals surface area contributed by atoms with Gasteiger partial charge in [0.1, 0.15) is 11.6 Å². The number of nitrogens with two attached hydrogens (primary N) is 1. The van der Waals surface area contributed by atoms with Crippen molar-refractivity contribution in [2.75, 3.05) is 19.3 Å². The Hall–Kier alpha value is -2.44. The van der Waals surface area contributed by atoms with E-state index in [4.69, 9.17) is 5.73 Å². The minimum Gasteiger partial charge on any atom is -0.437 e. The fourth-order valence-electron chi connectivity index (χ4n) is 5.08. The third kappa shape index (κ3) is 4.60. The number of hydrogen-bond acceptors (Lipinski definition) is 4. The van der Waals surface area contributed by atoms with Gasteiger partial charge in [-0.15, -0.1) is 0 Å². The van der Waals surface area contributed by atoms with Crippen LogP contribution in [-0.4, -0.2) is 35.5 Å². The zero-order valence-electron chi connectivity index (χ0n) is 18.6. The standard InChI is InChI=1S/C25H31BFN3O/c1-16-6-4-9-23(27)25(16)19-11-20-14-29-24(28)13-22(20)21(12-19)18-8-5-7-17(10-18)15-30(3)26(2)31/h4,6,9,11-14,17-18,31H,5,7-8,10,15H2,1-3H3,(H2,28,29)/t17-,18?/m1/s1. The van der Waals surface area contributed by atoms with Gasteiger partial charge in [-0.1, -0.05) is 24.6 Å². The maximum Gasteiger partial charge on any atom is 0.376 e. The average molecular weight is 419 g/mol. The second-order valence-corrected chi connectivity index (χ2v) is 9.13. The number of fused-ring (bicyclic) bond motifs is 1. The number of rotatable bonds is 5. The van der Waals surface area contributed by atoms with Crippen LogP contribution in [0.15, 0.2) is 42.6 Å². The summed E-state index contributed by atoms with van der Waals surface area (Å²) in [6.07, 6.45) is 6.27. The second-order valence-electron chi connectivity index (χ2n) is 9.13. The minimum atomic E-state index is -0.445. The first kappa shape index (κ1) is 21.8. The smallest absolute Gasteiger partial charge is 0.376 e. The quantitative estimate of drug-likeness (QED) is 0.555. The molecule has 2 aromatic carbocycles. The number of benzene rings is 2. The topological polar surface area (TPSA) is 62.4 Å². The summed E-state index contributed by atoms with van der Waals surface area (Å²) < 4.78 is 14.8. The van der Waals surface area contributed by atoms with Crippen molar-refractivity contribution in [2.45, 2.75) is 45.3 Å². The van der Waals surface area contributed by atoms with Crippen LogP contribution in [0.25, 0.3) is 21.9 Å². The summed E-state index contributed by atoms with van der Waals surface area (Å²) in [6, 6.07) is 11.4. The molecule has 162 valence electrons. The Morgan fingerprint density at radius 3 is 2.81 bits per heavy atom. The van der Waals surface area contributed by atoms with Crippen LogP contribution in [0.4, 0.5) is 10.2 Å². The van der Waals surface area contributed by atoms with E-state index in [2.05, 4.69) is 11.1 Å². The van der Waals surface area contributed by atoms with E-state index >= 15 is 0 Å². The Morgan fingerprint density at radius 1 is 1.26 bits per heavy atom. The summed E-state index contributed by atoms with van der Waals surface area (Å²) in [5.41, 5.74) is 9.75. The zero-order valence-corrected chi connectivity index (χ0v) is 18.6. The molecule has 0 bridgehead atoms. The maximum atomic E-state index is 14.8. The van der Waals surface area contributed by atoms with Crippen LogP contribution in [0, 0.1) is 18.7 Å². The third-order valence-corrected chi connectivity index (χ3v) is 6.81. The highest BCUT2D eigenvalue weighted by Gasteiger charge is 2.27. The summed E-state index contributed by atoms with van der Waals surface area (Å²) in [5, 5.41) is 12.0. The van der Waals surface area contributed by atoms with Crippen molar-refractivity contribution in [3.8, 4) is 11.1 Å². The third-order valence-electron chi connectivity index (χ3n) is 6.81. The van der Waals surface area contributed by atoms with Crippen molar-refractivity contribution in [1.29, 1.82) is 0 Å². The monoisotopic (exact) mass is 419 g/mol. The van der Waals surface area contributed by atoms with Gasteiger partial charge >= 0.3 is 7.05 Å². The molecule has 0 aliphatic heterocycles. The number of nitrogen functional groups attached to an aromatic ring is 1. The van der Waals surface area contributed by atoms with Crippen molar-refractivity contribution >= 4 is 23.6 Å². The van der Waals surface area contributed by atoms with Gasteiger partial charge in [0.15, 0.2) is 0 Å². The Labute approximate surface area is 184 Å². The molecule has 1 aliphatic rings. The lowest BCUT2D eigenvalue weighted by atomic mass is 9.74. The van der Waals surface area contributed by atoms with E-state index in [-0.39, 0.29) is 5.82 Å². The molecular formula is C25H31BFN3O. The van der Waals surface area contributed by atoms with E-state index < -0.39 is 7.05 Å². The predicted molar refractivity (Wildman–Crippen MR) is 127 cm³/mol. The van der Waals surface area contributed by atoms with Crippen molar-refractivity contribution < 1.29 is 9.41 Å². The molecule has 1 aromatic heterocycles. The highest BCUT2D eigenvalue weighted by molar-refractivity contribution is 6.45. The summed E-state index contributed by atoms with van der Waals surface area (Å²) in [5.74, 6) is 1.20. The number of aryl methyl sites for hydroxylation is 1. The SMILES string of the molecule is CB(O)N(C)C[C@@H]1CCCC(c2cc(-c3c(C)cccc3F)cc3cnc(N)cc23)C1. The summed E-state index contributed by atoms with van der Waals surface area (Å²) in [4.78, 5) is 6.30. The molecule has 1 fully saturated rings. The predicted octanol–water partition coefficient (Wildman–Crippen LogP) is 5.25. The number of anilines is 1. The molecule has 31 heavy (non-hydrogen) atoms. The molecule has 6 heteroatoms. The van der Waals surface area contributed by atoms with Gasteiger partial charge in [-0.05, 0) is 98.7 Å². The molecule has 3 N–H and O–H groups in total. The Kier molecular flexibility index (Phi) is 6.30. The molecule has 4 rings (SSSR count). The van der Waals surface area contributed by atoms with Crippen LogP contribution in [-0.2, 0) is 0 Å². The number of nitrogens with zero attached hydrogens (tertiary/aromatic N) is 2. The van der Waals surface area contributed by atoms with E-state index in [1.54, 1.807) is 12.3 Å². The Morgan fingerprint density at radius 2 is 2.06 bits per heavy atom. The van der Waals surface area contributed by atoms with Crippen LogP contribution < -0.4 is 5.73 Å². The molecule has 3 aromatic rings. The van der Waals surface area contributed by atoms with Gasteiger partial charge in [0, 0.05) is 17.1 Å². The highest BCUT2D eigenvalue weighted by Crippen LogP contribution is 2.42. The van der Waals surface area contributed by atoms with Crippen molar-refractivity contribution in [1.82, 2.24) is 9.79 Å². The highest BCUT2D eigenvalue weighted by atomic mass is 19.1. The first-order valence-corrected chi connectivity index (χ1v) is 11.2. The first-order chi connectivity index (χ1) is 14.8. The van der Waals surface area contributed by atoms with Crippen LogP contribution in [0.5, 0.6) is 0 Å². The van der Waals surface area contributed by atoms with Crippen LogP contribution in [0.2, 0.25) is 6.82 Å². The molecule has 1 heterocycles. The number of halogens is 1. The molecule has 2 atom stereocenters. The molecule has 1 aliphatic carbocycles. The lowest BCUT2D eigenvalue weighted by Crippen LogP contribution is -2.38. The van der Waals surface area contributed by atoms with Gasteiger partial charge in [0.2, 0.25) is 0 Å². The van der Waals surface area contributed by atoms with Gasteiger partial charge in [0.05, 0.1) is 0 Å². The molecule has 0 amide bonds. The lowest BCUT2D eigenvalue weighted by Gasteiger charge is -2.33. The number of aromatic nitrogens is 1. The average Bonchev–Trinajstić information content (AvgIpc) is 2.73. The fourth-order valence-corrected chi connectivity index (χ4v) is 5.08. The second kappa shape index (κ2) is 8.97. The maximum absolute atomic E-state index is 14.8. The van der Waals surface area contributed by atoms with Gasteiger partial charge in [0.25, 0.3) is 0 Å². The van der Waals surface area contributed by atoms with Crippen molar-refractivity contribution in [3.05, 3.63) is 59.5 Å². The van der Waals surface area contributed by atoms with Crippen molar-refractivity contribution in [3.63, 3.8) is 0 Å². The molecule has 0 radical (unpaired) electrons. The lowest BCUT2D eigenvalue weighted by molar-refractivity contribution is 0.265. The summed E-state index contributed by atoms with van der Waals surface area (Å²) in [7, 11) is 1.52. The van der Waals surface area contributed by atoms with E-state index in [1.807, 2.05) is 43.8 Å². The molecule has 1 unspecified atom stereocenters. The van der Waals surface area contributed by atoms with Crippen LogP contribution in [0.1, 0.15) is 42.7 Å². The van der Waals surface area contributed by atoms with Gasteiger partial charge in [-0.3, -0.25) is 0 Å². The molecule has 0 saturated heterocycles.